The summed E-state index contributed by atoms with van der Waals surface area (Å²) in [5.41, 5.74) is 2.95. The second-order valence-corrected chi connectivity index (χ2v) is 10.2. The van der Waals surface area contributed by atoms with Crippen LogP contribution in [0, 0.1) is 18.6 Å². The molecule has 0 aliphatic carbocycles. The van der Waals surface area contributed by atoms with E-state index >= 15 is 4.39 Å². The Hall–Kier alpha value is -6.31. The molecule has 2 aromatic carbocycles. The Labute approximate surface area is 267 Å². The highest BCUT2D eigenvalue weighted by atomic mass is 19.1. The van der Waals surface area contributed by atoms with Crippen molar-refractivity contribution in [1.82, 2.24) is 34.9 Å². The largest absolute Gasteiger partial charge is 0.504 e. The summed E-state index contributed by atoms with van der Waals surface area (Å²) in [7, 11) is 2.93. The number of methoxy groups -OCH3 is 2. The minimum Gasteiger partial charge on any atom is -0.504 e. The molecule has 0 aliphatic heterocycles. The van der Waals surface area contributed by atoms with E-state index in [1.807, 2.05) is 6.92 Å². The number of nitrogens with zero attached hydrogens (tertiary/aromatic N) is 7. The van der Waals surface area contributed by atoms with E-state index in [0.717, 1.165) is 11.1 Å². The third kappa shape index (κ3) is 6.86. The number of benzene rings is 2. The predicted octanol–water partition coefficient (Wildman–Crippen LogP) is 6.17. The van der Waals surface area contributed by atoms with Gasteiger partial charge in [-0.3, -0.25) is 4.98 Å². The van der Waals surface area contributed by atoms with Crippen molar-refractivity contribution in [3.8, 4) is 40.0 Å². The van der Waals surface area contributed by atoms with Crippen LogP contribution >= 0.6 is 0 Å². The van der Waals surface area contributed by atoms with Gasteiger partial charge in [-0.05, 0) is 42.8 Å². The topological polar surface area (TPSA) is 153 Å². The van der Waals surface area contributed by atoms with Crippen LogP contribution in [0.3, 0.4) is 0 Å². The maximum absolute atomic E-state index is 15.1. The summed E-state index contributed by atoms with van der Waals surface area (Å²) >= 11 is 0. The lowest BCUT2D eigenvalue weighted by molar-refractivity contribution is 0.413. The summed E-state index contributed by atoms with van der Waals surface area (Å²) in [4.78, 5) is 30.1. The number of aryl methyl sites for hydroxylation is 1. The fourth-order valence-electron chi connectivity index (χ4n) is 4.66. The lowest BCUT2D eigenvalue weighted by Gasteiger charge is -2.13. The molecule has 14 heteroatoms. The Morgan fingerprint density at radius 2 is 1.40 bits per heavy atom. The Bertz CT molecular complexity index is 2080. The number of halogens is 2. The van der Waals surface area contributed by atoms with Gasteiger partial charge in [0.2, 0.25) is 0 Å². The average molecular weight is 636 g/mol. The van der Waals surface area contributed by atoms with Crippen molar-refractivity contribution < 1.29 is 23.4 Å². The van der Waals surface area contributed by atoms with Crippen molar-refractivity contribution in [2.45, 2.75) is 13.3 Å². The van der Waals surface area contributed by atoms with Crippen molar-refractivity contribution in [2.75, 3.05) is 24.9 Å². The molecule has 0 unspecified atom stereocenters. The van der Waals surface area contributed by atoms with Crippen LogP contribution in [0.4, 0.5) is 31.9 Å². The molecular formula is C33H27F2N9O3. The second kappa shape index (κ2) is 13.4. The fraction of sp³-hybridized carbons (Fsp3) is 0.121. The van der Waals surface area contributed by atoms with Crippen LogP contribution in [0.1, 0.15) is 16.8 Å². The van der Waals surface area contributed by atoms with E-state index in [2.05, 4.69) is 45.5 Å². The highest BCUT2D eigenvalue weighted by molar-refractivity contribution is 5.69. The minimum atomic E-state index is -0.529. The van der Waals surface area contributed by atoms with Crippen molar-refractivity contribution in [3.05, 3.63) is 108 Å². The number of nitrogens with one attached hydrogen (secondary N) is 2. The Morgan fingerprint density at radius 1 is 0.745 bits per heavy atom. The van der Waals surface area contributed by atoms with Gasteiger partial charge in [0.05, 0.1) is 55.3 Å². The van der Waals surface area contributed by atoms with E-state index in [0.29, 0.717) is 35.1 Å². The van der Waals surface area contributed by atoms with Gasteiger partial charge in [0.25, 0.3) is 0 Å². The van der Waals surface area contributed by atoms with E-state index in [9.17, 15) is 9.50 Å². The molecule has 4 aromatic heterocycles. The second-order valence-electron chi connectivity index (χ2n) is 10.2. The van der Waals surface area contributed by atoms with Crippen LogP contribution in [-0.4, -0.2) is 54.2 Å². The molecule has 0 spiro atoms. The first kappa shape index (κ1) is 30.7. The molecule has 0 radical (unpaired) electrons. The summed E-state index contributed by atoms with van der Waals surface area (Å²) in [6.45, 7) is 1.85. The van der Waals surface area contributed by atoms with E-state index < -0.39 is 11.6 Å². The Morgan fingerprint density at radius 3 is 2.09 bits per heavy atom. The smallest absolute Gasteiger partial charge is 0.179 e. The molecule has 0 amide bonds. The Balaban J connectivity index is 1.26. The maximum Gasteiger partial charge on any atom is 0.179 e. The zero-order valence-electron chi connectivity index (χ0n) is 25.4. The summed E-state index contributed by atoms with van der Waals surface area (Å²) < 4.78 is 40.5. The standard InChI is InChI=1S/C33H27F2N9O3/c1-18-4-6-23(34)21(10-18)30-37-16-28(47-3)33(44-30)42-29-13-20(39-17-40-29)11-19-5-7-24(35)22(12-19)31-38-15-27(46-2)32(43-31)41-25-8-9-36-14-26(25)45/h4-10,12-17,45H,11H2,1-3H3,(H,36,38,41,43)(H,37,39,40,42,44). The molecule has 236 valence electrons. The van der Waals surface area contributed by atoms with Gasteiger partial charge in [-0.15, -0.1) is 0 Å². The average Bonchev–Trinajstić information content (AvgIpc) is 3.08. The predicted molar refractivity (Wildman–Crippen MR) is 170 cm³/mol. The number of aromatic hydroxyl groups is 1. The van der Waals surface area contributed by atoms with Gasteiger partial charge in [0.15, 0.2) is 40.5 Å². The molecule has 47 heavy (non-hydrogen) atoms. The lowest BCUT2D eigenvalue weighted by atomic mass is 10.0. The first-order valence-electron chi connectivity index (χ1n) is 14.2. The van der Waals surface area contributed by atoms with E-state index in [1.165, 1.54) is 57.5 Å². The normalized spacial score (nSPS) is 10.8. The van der Waals surface area contributed by atoms with Gasteiger partial charge in [-0.2, -0.15) is 0 Å². The third-order valence-electron chi connectivity index (χ3n) is 6.99. The van der Waals surface area contributed by atoms with Crippen LogP contribution < -0.4 is 20.1 Å². The summed E-state index contributed by atoms with van der Waals surface area (Å²) in [6, 6.07) is 12.6. The quantitative estimate of drug-likeness (QED) is 0.158. The number of anilines is 4. The molecule has 0 saturated carbocycles. The molecule has 3 N–H and O–H groups in total. The van der Waals surface area contributed by atoms with Gasteiger partial charge >= 0.3 is 0 Å². The molecule has 12 nitrogen and oxygen atoms in total. The Kier molecular flexibility index (Phi) is 8.73. The summed E-state index contributed by atoms with van der Waals surface area (Å²) in [5.74, 6) is 0.739. The highest BCUT2D eigenvalue weighted by Gasteiger charge is 2.17. The molecule has 0 bridgehead atoms. The molecule has 0 atom stereocenters. The number of hydrogen-bond donors (Lipinski definition) is 3. The van der Waals surface area contributed by atoms with Crippen molar-refractivity contribution in [2.24, 2.45) is 0 Å². The monoisotopic (exact) mass is 635 g/mol. The highest BCUT2D eigenvalue weighted by Crippen LogP contribution is 2.32. The van der Waals surface area contributed by atoms with E-state index in [-0.39, 0.29) is 40.2 Å². The third-order valence-corrected chi connectivity index (χ3v) is 6.99. The lowest BCUT2D eigenvalue weighted by Crippen LogP contribution is -2.04. The molecule has 6 rings (SSSR count). The molecule has 4 heterocycles. The van der Waals surface area contributed by atoms with Gasteiger partial charge in [-0.1, -0.05) is 17.7 Å². The van der Waals surface area contributed by atoms with Crippen LogP contribution in [0.5, 0.6) is 17.2 Å². The van der Waals surface area contributed by atoms with E-state index in [1.54, 1.807) is 36.4 Å². The maximum atomic E-state index is 15.1. The summed E-state index contributed by atoms with van der Waals surface area (Å²) in [5, 5.41) is 16.2. The molecule has 0 fully saturated rings. The van der Waals surface area contributed by atoms with Gasteiger partial charge in [0.1, 0.15) is 23.8 Å². The molecule has 6 aromatic rings. The SMILES string of the molecule is COc1cnc(-c2cc(C)ccc2F)nc1Nc1cc(Cc2ccc(F)c(-c3ncc(OC)c(Nc4ccncc4O)n3)c2)ncn1. The number of aromatic nitrogens is 7. The summed E-state index contributed by atoms with van der Waals surface area (Å²) in [6.07, 6.45) is 7.35. The van der Waals surface area contributed by atoms with Crippen molar-refractivity contribution >= 4 is 23.1 Å². The molecular weight excluding hydrogens is 608 g/mol. The zero-order chi connectivity index (χ0) is 32.9. The van der Waals surface area contributed by atoms with Crippen LogP contribution in [-0.2, 0) is 6.42 Å². The van der Waals surface area contributed by atoms with Crippen molar-refractivity contribution in [1.29, 1.82) is 0 Å². The molecule has 0 saturated heterocycles. The van der Waals surface area contributed by atoms with Crippen molar-refractivity contribution in [3.63, 3.8) is 0 Å². The van der Waals surface area contributed by atoms with Gasteiger partial charge in [0, 0.05) is 18.7 Å². The minimum absolute atomic E-state index is 0.0969. The fourth-order valence-corrected chi connectivity index (χ4v) is 4.66. The van der Waals surface area contributed by atoms with E-state index in [4.69, 9.17) is 9.47 Å². The van der Waals surface area contributed by atoms with Crippen LogP contribution in [0.15, 0.2) is 79.6 Å². The molecule has 0 aliphatic rings. The number of rotatable bonds is 10. The van der Waals surface area contributed by atoms with Gasteiger partial charge < -0.3 is 25.2 Å². The number of hydrogen-bond acceptors (Lipinski definition) is 12. The first-order chi connectivity index (χ1) is 22.8. The number of ether oxygens (including phenoxy) is 2. The first-order valence-corrected chi connectivity index (χ1v) is 14.2. The van der Waals surface area contributed by atoms with Crippen LogP contribution in [0.2, 0.25) is 0 Å². The zero-order valence-corrected chi connectivity index (χ0v) is 25.4. The van der Waals surface area contributed by atoms with Crippen LogP contribution in [0.25, 0.3) is 22.8 Å². The number of pyridine rings is 1. The van der Waals surface area contributed by atoms with Gasteiger partial charge in [-0.25, -0.2) is 38.7 Å².